The van der Waals surface area contributed by atoms with Crippen LogP contribution in [0.3, 0.4) is 0 Å². The van der Waals surface area contributed by atoms with Gasteiger partial charge < -0.3 is 19.3 Å². The van der Waals surface area contributed by atoms with Crippen LogP contribution in [-0.2, 0) is 11.2 Å². The number of methoxy groups -OCH3 is 2. The highest BCUT2D eigenvalue weighted by molar-refractivity contribution is 5.92. The predicted octanol–water partition coefficient (Wildman–Crippen LogP) is 3.38. The van der Waals surface area contributed by atoms with Gasteiger partial charge in [-0.15, -0.1) is 0 Å². The van der Waals surface area contributed by atoms with Crippen molar-refractivity contribution in [3.8, 4) is 11.5 Å². The summed E-state index contributed by atoms with van der Waals surface area (Å²) in [6.07, 6.45) is 4.88. The number of aromatic nitrogens is 2. The van der Waals surface area contributed by atoms with Gasteiger partial charge in [0.2, 0.25) is 5.91 Å². The Balaban J connectivity index is 1.94. The van der Waals surface area contributed by atoms with Gasteiger partial charge in [0, 0.05) is 39.3 Å². The number of ether oxygens (including phenoxy) is 2. The average Bonchev–Trinajstić information content (AvgIpc) is 2.81. The molecule has 180 valence electrons. The number of hydrogen-bond acceptors (Lipinski definition) is 6. The van der Waals surface area contributed by atoms with Crippen LogP contribution in [0.15, 0.2) is 30.6 Å². The van der Waals surface area contributed by atoms with Crippen molar-refractivity contribution in [3.63, 3.8) is 0 Å². The summed E-state index contributed by atoms with van der Waals surface area (Å²) in [4.78, 5) is 37.5. The van der Waals surface area contributed by atoms with E-state index < -0.39 is 0 Å². The highest BCUT2D eigenvalue weighted by Crippen LogP contribution is 2.27. The molecule has 2 aromatic rings. The minimum atomic E-state index is -0.191. The second kappa shape index (κ2) is 12.8. The summed E-state index contributed by atoms with van der Waals surface area (Å²) >= 11 is 0. The van der Waals surface area contributed by atoms with E-state index >= 15 is 0 Å². The smallest absolute Gasteiger partial charge is 0.274 e. The quantitative estimate of drug-likeness (QED) is 0.487. The molecular weight excluding hydrogens is 420 g/mol. The standard InChI is InChI=1S/C25H36N4O4/c1-18(2)9-13-29(25(31)21-17-26-19(3)16-27-21)14-11-24(30)28(4)12-10-20-7-8-22(32-5)23(15-20)33-6/h7-8,15-18H,9-14H2,1-6H3. The lowest BCUT2D eigenvalue weighted by Gasteiger charge is -2.24. The molecule has 33 heavy (non-hydrogen) atoms. The summed E-state index contributed by atoms with van der Waals surface area (Å²) in [7, 11) is 4.99. The fourth-order valence-corrected chi connectivity index (χ4v) is 3.27. The summed E-state index contributed by atoms with van der Waals surface area (Å²) in [5, 5.41) is 0. The van der Waals surface area contributed by atoms with Crippen LogP contribution in [-0.4, -0.2) is 72.5 Å². The molecule has 8 nitrogen and oxygen atoms in total. The molecule has 8 heteroatoms. The van der Waals surface area contributed by atoms with Gasteiger partial charge in [0.25, 0.3) is 5.91 Å². The van der Waals surface area contributed by atoms with Crippen molar-refractivity contribution in [2.75, 3.05) is 40.9 Å². The molecule has 0 aliphatic heterocycles. The molecule has 2 rings (SSSR count). The van der Waals surface area contributed by atoms with Crippen LogP contribution < -0.4 is 9.47 Å². The van der Waals surface area contributed by atoms with E-state index in [-0.39, 0.29) is 18.2 Å². The van der Waals surface area contributed by atoms with Gasteiger partial charge in [0.15, 0.2) is 11.5 Å². The molecule has 0 aliphatic carbocycles. The molecular formula is C25H36N4O4. The first-order valence-corrected chi connectivity index (χ1v) is 11.3. The molecule has 0 bridgehead atoms. The summed E-state index contributed by atoms with van der Waals surface area (Å²) in [5.41, 5.74) is 2.11. The maximum Gasteiger partial charge on any atom is 0.274 e. The average molecular weight is 457 g/mol. The third kappa shape index (κ3) is 8.04. The molecule has 0 atom stereocenters. The Hall–Kier alpha value is -3.16. The minimum Gasteiger partial charge on any atom is -0.493 e. The predicted molar refractivity (Wildman–Crippen MR) is 128 cm³/mol. The highest BCUT2D eigenvalue weighted by atomic mass is 16.5. The Morgan fingerprint density at radius 3 is 2.33 bits per heavy atom. The van der Waals surface area contributed by atoms with E-state index in [0.29, 0.717) is 49.2 Å². The fraction of sp³-hybridized carbons (Fsp3) is 0.520. The molecule has 1 aromatic heterocycles. The van der Waals surface area contributed by atoms with Crippen LogP contribution in [0.25, 0.3) is 0 Å². The van der Waals surface area contributed by atoms with E-state index in [0.717, 1.165) is 17.7 Å². The first kappa shape index (κ1) is 26.1. The minimum absolute atomic E-state index is 0.00665. The Morgan fingerprint density at radius 1 is 1.00 bits per heavy atom. The van der Waals surface area contributed by atoms with Gasteiger partial charge >= 0.3 is 0 Å². The Bertz CT molecular complexity index is 915. The van der Waals surface area contributed by atoms with E-state index in [9.17, 15) is 9.59 Å². The third-order valence-electron chi connectivity index (χ3n) is 5.47. The SMILES string of the molecule is COc1ccc(CCN(C)C(=O)CCN(CCC(C)C)C(=O)c2cnc(C)cn2)cc1OC. The highest BCUT2D eigenvalue weighted by Gasteiger charge is 2.20. The lowest BCUT2D eigenvalue weighted by Crippen LogP contribution is -2.37. The number of hydrogen-bond donors (Lipinski definition) is 0. The molecule has 0 saturated carbocycles. The number of amides is 2. The monoisotopic (exact) mass is 456 g/mol. The van der Waals surface area contributed by atoms with Crippen molar-refractivity contribution >= 4 is 11.8 Å². The van der Waals surface area contributed by atoms with Gasteiger partial charge in [0.05, 0.1) is 26.1 Å². The van der Waals surface area contributed by atoms with E-state index in [1.165, 1.54) is 6.20 Å². The first-order chi connectivity index (χ1) is 15.7. The lowest BCUT2D eigenvalue weighted by molar-refractivity contribution is -0.130. The van der Waals surface area contributed by atoms with Crippen molar-refractivity contribution in [2.45, 2.75) is 40.0 Å². The zero-order chi connectivity index (χ0) is 24.4. The maximum atomic E-state index is 13.0. The summed E-state index contributed by atoms with van der Waals surface area (Å²) in [6.45, 7) is 7.55. The van der Waals surface area contributed by atoms with Crippen molar-refractivity contribution in [1.82, 2.24) is 19.8 Å². The molecule has 2 amide bonds. The molecule has 0 N–H and O–H groups in total. The van der Waals surface area contributed by atoms with Gasteiger partial charge in [0.1, 0.15) is 5.69 Å². The Labute approximate surface area is 196 Å². The first-order valence-electron chi connectivity index (χ1n) is 11.3. The molecule has 0 radical (unpaired) electrons. The van der Waals surface area contributed by atoms with Crippen molar-refractivity contribution in [3.05, 3.63) is 47.5 Å². The summed E-state index contributed by atoms with van der Waals surface area (Å²) in [6, 6.07) is 5.75. The van der Waals surface area contributed by atoms with Crippen molar-refractivity contribution < 1.29 is 19.1 Å². The second-order valence-electron chi connectivity index (χ2n) is 8.52. The van der Waals surface area contributed by atoms with Crippen LogP contribution in [0, 0.1) is 12.8 Å². The molecule has 0 unspecified atom stereocenters. The largest absolute Gasteiger partial charge is 0.493 e. The van der Waals surface area contributed by atoms with Gasteiger partial charge in [-0.1, -0.05) is 19.9 Å². The van der Waals surface area contributed by atoms with Crippen LogP contribution in [0.5, 0.6) is 11.5 Å². The maximum absolute atomic E-state index is 13.0. The molecule has 0 fully saturated rings. The van der Waals surface area contributed by atoms with Gasteiger partial charge in [-0.3, -0.25) is 14.6 Å². The molecule has 0 aliphatic rings. The topological polar surface area (TPSA) is 84.9 Å². The Morgan fingerprint density at radius 2 is 1.73 bits per heavy atom. The molecule has 0 spiro atoms. The Kier molecular flexibility index (Phi) is 10.1. The second-order valence-corrected chi connectivity index (χ2v) is 8.52. The molecule has 1 aromatic carbocycles. The van der Waals surface area contributed by atoms with Crippen molar-refractivity contribution in [1.29, 1.82) is 0 Å². The van der Waals surface area contributed by atoms with Crippen LogP contribution in [0.4, 0.5) is 0 Å². The van der Waals surface area contributed by atoms with Crippen LogP contribution >= 0.6 is 0 Å². The number of aryl methyl sites for hydroxylation is 1. The zero-order valence-electron chi connectivity index (χ0n) is 20.6. The number of carbonyl (C=O) groups excluding carboxylic acids is 2. The normalized spacial score (nSPS) is 10.8. The van der Waals surface area contributed by atoms with Gasteiger partial charge in [-0.05, 0) is 43.4 Å². The molecule has 1 heterocycles. The van der Waals surface area contributed by atoms with E-state index in [2.05, 4.69) is 23.8 Å². The van der Waals surface area contributed by atoms with Gasteiger partial charge in [-0.25, -0.2) is 4.98 Å². The summed E-state index contributed by atoms with van der Waals surface area (Å²) < 4.78 is 10.6. The number of rotatable bonds is 12. The fourth-order valence-electron chi connectivity index (χ4n) is 3.27. The molecule has 0 saturated heterocycles. The number of nitrogens with zero attached hydrogens (tertiary/aromatic N) is 4. The van der Waals surface area contributed by atoms with Crippen LogP contribution in [0.2, 0.25) is 0 Å². The van der Waals surface area contributed by atoms with Crippen molar-refractivity contribution in [2.24, 2.45) is 5.92 Å². The van der Waals surface area contributed by atoms with E-state index in [1.54, 1.807) is 37.3 Å². The van der Waals surface area contributed by atoms with E-state index in [4.69, 9.17) is 9.47 Å². The number of benzene rings is 1. The third-order valence-corrected chi connectivity index (χ3v) is 5.47. The summed E-state index contributed by atoms with van der Waals surface area (Å²) in [5.74, 6) is 1.60. The number of likely N-dealkylation sites (N-methyl/N-ethyl adjacent to an activating group) is 1. The lowest BCUT2D eigenvalue weighted by atomic mass is 10.1. The number of carbonyl (C=O) groups is 2. The van der Waals surface area contributed by atoms with E-state index in [1.807, 2.05) is 25.1 Å². The van der Waals surface area contributed by atoms with Gasteiger partial charge in [-0.2, -0.15) is 0 Å². The zero-order valence-corrected chi connectivity index (χ0v) is 20.6. The van der Waals surface area contributed by atoms with Crippen LogP contribution in [0.1, 0.15) is 48.4 Å².